The first-order chi connectivity index (χ1) is 12.3. The normalized spacial score (nSPS) is 10.7. The lowest BCUT2D eigenvalue weighted by Gasteiger charge is -2.12. The number of amides is 1. The summed E-state index contributed by atoms with van der Waals surface area (Å²) in [5.74, 6) is -3.39. The molecule has 0 aliphatic rings. The number of thioether (sulfide) groups is 1. The molecule has 0 atom stereocenters. The Labute approximate surface area is 156 Å². The molecule has 0 aliphatic heterocycles. The number of carbonyl (C=O) groups is 1. The third kappa shape index (κ3) is 4.83. The van der Waals surface area contributed by atoms with E-state index < -0.39 is 16.6 Å². The number of nitrogens with zero attached hydrogens (tertiary/aromatic N) is 1. The molecule has 10 heteroatoms. The van der Waals surface area contributed by atoms with Crippen molar-refractivity contribution < 1.29 is 23.2 Å². The van der Waals surface area contributed by atoms with E-state index in [0.29, 0.717) is 0 Å². The summed E-state index contributed by atoms with van der Waals surface area (Å²) in [6, 6.07) is 8.04. The Balaban J connectivity index is 2.32. The summed E-state index contributed by atoms with van der Waals surface area (Å²) < 4.78 is 30.6. The van der Waals surface area contributed by atoms with E-state index in [4.69, 9.17) is 16.3 Å². The highest BCUT2D eigenvalue weighted by atomic mass is 35.5. The van der Waals surface area contributed by atoms with Crippen molar-refractivity contribution in [3.63, 3.8) is 0 Å². The number of hydrogen-bond donors (Lipinski definition) is 1. The van der Waals surface area contributed by atoms with Gasteiger partial charge in [-0.3, -0.25) is 14.9 Å². The molecule has 2 aromatic carbocycles. The van der Waals surface area contributed by atoms with Crippen LogP contribution in [0, 0.1) is 10.1 Å². The van der Waals surface area contributed by atoms with E-state index in [1.54, 1.807) is 6.92 Å². The fraction of sp³-hybridized carbons (Fsp3) is 0.188. The number of nitrogens with one attached hydrogen (secondary N) is 1. The van der Waals surface area contributed by atoms with Crippen LogP contribution in [0.2, 0.25) is 5.02 Å². The van der Waals surface area contributed by atoms with Crippen LogP contribution in [0.3, 0.4) is 0 Å². The molecule has 2 rings (SSSR count). The topological polar surface area (TPSA) is 81.5 Å². The second-order valence-corrected chi connectivity index (χ2v) is 6.23. The van der Waals surface area contributed by atoms with Crippen LogP contribution in [0.4, 0.5) is 20.2 Å². The number of benzene rings is 2. The van der Waals surface area contributed by atoms with Crippen LogP contribution < -0.4 is 10.1 Å². The van der Waals surface area contributed by atoms with Gasteiger partial charge in [-0.05, 0) is 31.2 Å². The third-order valence-corrected chi connectivity index (χ3v) is 4.42. The monoisotopic (exact) mass is 402 g/mol. The van der Waals surface area contributed by atoms with Crippen molar-refractivity contribution in [1.29, 1.82) is 0 Å². The summed E-state index contributed by atoms with van der Waals surface area (Å²) in [6.07, 6.45) is 0. The smallest absolute Gasteiger partial charge is 0.311 e. The molecule has 0 unspecified atom stereocenters. The molecule has 1 amide bonds. The number of anilines is 1. The quantitative estimate of drug-likeness (QED) is 0.390. The summed E-state index contributed by atoms with van der Waals surface area (Å²) in [4.78, 5) is 22.9. The van der Waals surface area contributed by atoms with Crippen LogP contribution in [0.1, 0.15) is 17.3 Å². The molecule has 0 aromatic heterocycles. The highest BCUT2D eigenvalue weighted by Gasteiger charge is 2.20. The van der Waals surface area contributed by atoms with E-state index in [1.807, 2.05) is 0 Å². The molecule has 6 nitrogen and oxygen atoms in total. The Kier molecular flexibility index (Phi) is 6.76. The zero-order valence-electron chi connectivity index (χ0n) is 13.4. The van der Waals surface area contributed by atoms with Crippen molar-refractivity contribution in [2.75, 3.05) is 11.9 Å². The third-order valence-electron chi connectivity index (χ3n) is 3.14. The second-order valence-electron chi connectivity index (χ2n) is 4.82. The molecule has 0 spiro atoms. The van der Waals surface area contributed by atoms with Crippen LogP contribution in [0.25, 0.3) is 0 Å². The number of nitro groups is 1. The average molecular weight is 403 g/mol. The first-order valence-corrected chi connectivity index (χ1v) is 8.55. The van der Waals surface area contributed by atoms with Gasteiger partial charge in [0.15, 0.2) is 5.75 Å². The number of ether oxygens (including phenoxy) is 1. The largest absolute Gasteiger partial charge is 0.487 e. The zero-order valence-corrected chi connectivity index (χ0v) is 14.9. The second kappa shape index (κ2) is 8.81. The SMILES string of the molecule is CCOc1ccc(C(=O)Nc2cccc(Cl)c2SC(F)F)cc1[N+](=O)[O-]. The highest BCUT2D eigenvalue weighted by molar-refractivity contribution is 7.99. The fourth-order valence-electron chi connectivity index (χ4n) is 2.09. The number of nitro benzene ring substituents is 1. The predicted octanol–water partition coefficient (Wildman–Crippen LogP) is 5.21. The predicted molar refractivity (Wildman–Crippen MR) is 95.5 cm³/mol. The van der Waals surface area contributed by atoms with Crippen molar-refractivity contribution in [2.45, 2.75) is 17.6 Å². The Morgan fingerprint density at radius 1 is 1.38 bits per heavy atom. The lowest BCUT2D eigenvalue weighted by atomic mass is 10.1. The van der Waals surface area contributed by atoms with Crippen LogP contribution in [-0.4, -0.2) is 23.2 Å². The van der Waals surface area contributed by atoms with Gasteiger partial charge >= 0.3 is 5.69 Å². The molecular formula is C16H13ClF2N2O4S. The first kappa shape index (κ1) is 19.9. The number of rotatable bonds is 7. The van der Waals surface area contributed by atoms with Gasteiger partial charge in [-0.15, -0.1) is 0 Å². The van der Waals surface area contributed by atoms with Gasteiger partial charge in [-0.25, -0.2) is 0 Å². The van der Waals surface area contributed by atoms with Crippen LogP contribution >= 0.6 is 23.4 Å². The van der Waals surface area contributed by atoms with Crippen LogP contribution in [0.15, 0.2) is 41.3 Å². The Bertz CT molecular complexity index is 836. The van der Waals surface area contributed by atoms with E-state index in [-0.39, 0.29) is 51.0 Å². The van der Waals surface area contributed by atoms with Crippen molar-refractivity contribution in [3.05, 3.63) is 57.1 Å². The van der Waals surface area contributed by atoms with Gasteiger partial charge in [-0.2, -0.15) is 8.78 Å². The molecule has 0 saturated carbocycles. The minimum absolute atomic E-state index is 0.0120. The number of alkyl halides is 2. The van der Waals surface area contributed by atoms with Crippen molar-refractivity contribution in [1.82, 2.24) is 0 Å². The Morgan fingerprint density at radius 2 is 2.12 bits per heavy atom. The zero-order chi connectivity index (χ0) is 19.3. The van der Waals surface area contributed by atoms with E-state index in [9.17, 15) is 23.7 Å². The van der Waals surface area contributed by atoms with Gasteiger partial charge < -0.3 is 10.1 Å². The lowest BCUT2D eigenvalue weighted by molar-refractivity contribution is -0.385. The Hall–Kier alpha value is -2.39. The van der Waals surface area contributed by atoms with Gasteiger partial charge in [0.2, 0.25) is 0 Å². The maximum atomic E-state index is 12.7. The highest BCUT2D eigenvalue weighted by Crippen LogP contribution is 2.38. The summed E-state index contributed by atoms with van der Waals surface area (Å²) >= 11 is 6.11. The molecule has 0 saturated heterocycles. The average Bonchev–Trinajstić information content (AvgIpc) is 2.58. The fourth-order valence-corrected chi connectivity index (χ4v) is 3.00. The minimum Gasteiger partial charge on any atom is -0.487 e. The van der Waals surface area contributed by atoms with Crippen molar-refractivity contribution in [2.24, 2.45) is 0 Å². The molecule has 1 N–H and O–H groups in total. The van der Waals surface area contributed by atoms with E-state index >= 15 is 0 Å². The van der Waals surface area contributed by atoms with Gasteiger partial charge in [0, 0.05) is 11.6 Å². The molecule has 26 heavy (non-hydrogen) atoms. The standard InChI is InChI=1S/C16H13ClF2N2O4S/c1-2-25-13-7-6-9(8-12(13)21(23)24)15(22)20-11-5-3-4-10(17)14(11)26-16(18)19/h3-8,16H,2H2,1H3,(H,20,22). The number of halogens is 3. The summed E-state index contributed by atoms with van der Waals surface area (Å²) in [6.45, 7) is 1.90. The number of hydrogen-bond acceptors (Lipinski definition) is 5. The number of carbonyl (C=O) groups excluding carboxylic acids is 1. The summed E-state index contributed by atoms with van der Waals surface area (Å²) in [7, 11) is 0. The summed E-state index contributed by atoms with van der Waals surface area (Å²) in [5.41, 5.74) is -0.301. The van der Waals surface area contributed by atoms with Gasteiger partial charge in [-0.1, -0.05) is 29.4 Å². The summed E-state index contributed by atoms with van der Waals surface area (Å²) in [5, 5.41) is 13.7. The van der Waals surface area contributed by atoms with Gasteiger partial charge in [0.1, 0.15) is 0 Å². The first-order valence-electron chi connectivity index (χ1n) is 7.29. The van der Waals surface area contributed by atoms with Crippen molar-refractivity contribution in [3.8, 4) is 5.75 Å². The van der Waals surface area contributed by atoms with E-state index in [2.05, 4.69) is 5.32 Å². The molecule has 0 bridgehead atoms. The molecule has 0 aliphatic carbocycles. The van der Waals surface area contributed by atoms with E-state index in [0.717, 1.165) is 6.07 Å². The molecule has 138 valence electrons. The van der Waals surface area contributed by atoms with E-state index in [1.165, 1.54) is 30.3 Å². The van der Waals surface area contributed by atoms with Crippen LogP contribution in [-0.2, 0) is 0 Å². The maximum Gasteiger partial charge on any atom is 0.311 e. The van der Waals surface area contributed by atoms with Crippen LogP contribution in [0.5, 0.6) is 5.75 Å². The molecular weight excluding hydrogens is 390 g/mol. The molecule has 0 fully saturated rings. The molecule has 0 heterocycles. The maximum absolute atomic E-state index is 12.7. The Morgan fingerprint density at radius 3 is 2.73 bits per heavy atom. The van der Waals surface area contributed by atoms with Crippen molar-refractivity contribution >= 4 is 40.6 Å². The van der Waals surface area contributed by atoms with Gasteiger partial charge in [0.25, 0.3) is 11.7 Å². The lowest BCUT2D eigenvalue weighted by Crippen LogP contribution is -2.13. The van der Waals surface area contributed by atoms with Gasteiger partial charge in [0.05, 0.1) is 27.1 Å². The minimum atomic E-state index is -2.72. The molecule has 0 radical (unpaired) electrons. The molecule has 2 aromatic rings.